The number of carbonyl (C=O) groups is 1. The summed E-state index contributed by atoms with van der Waals surface area (Å²) in [6.45, 7) is 1.28. The third kappa shape index (κ3) is 3.77. The summed E-state index contributed by atoms with van der Waals surface area (Å²) in [4.78, 5) is 9.51. The third-order valence-electron chi connectivity index (χ3n) is 0.144. The summed E-state index contributed by atoms with van der Waals surface area (Å²) >= 11 is 0. The summed E-state index contributed by atoms with van der Waals surface area (Å²) < 4.78 is 9.31. The second kappa shape index (κ2) is 2.04. The van der Waals surface area contributed by atoms with Gasteiger partial charge in [-0.3, -0.25) is 9.36 Å². The van der Waals surface area contributed by atoms with E-state index >= 15 is 0 Å². The van der Waals surface area contributed by atoms with Crippen LogP contribution in [0.2, 0.25) is 0 Å². The predicted molar refractivity (Wildman–Crippen MR) is 19.7 cm³/mol. The van der Waals surface area contributed by atoms with E-state index in [4.69, 9.17) is 0 Å². The van der Waals surface area contributed by atoms with Crippen LogP contribution < -0.4 is 0 Å². The molecular formula is C2H4O2P. The van der Waals surface area contributed by atoms with Gasteiger partial charge in [-0.2, -0.15) is 0 Å². The Labute approximate surface area is 31.4 Å². The fourth-order valence-corrected chi connectivity index (χ4v) is 0. The molecule has 0 aromatic heterocycles. The van der Waals surface area contributed by atoms with Crippen molar-refractivity contribution in [2.24, 2.45) is 0 Å². The summed E-state index contributed by atoms with van der Waals surface area (Å²) in [5, 5.41) is 0. The fourth-order valence-electron chi connectivity index (χ4n) is 0. The van der Waals surface area contributed by atoms with Crippen molar-refractivity contribution >= 4 is 14.0 Å². The number of rotatable bonds is 1. The molecule has 5 heavy (non-hydrogen) atoms. The molecule has 29 valence electrons. The minimum Gasteiger partial charge on any atom is -0.287 e. The second-order valence-corrected chi connectivity index (χ2v) is 1.57. The van der Waals surface area contributed by atoms with Crippen LogP contribution in [0.1, 0.15) is 6.92 Å². The van der Waals surface area contributed by atoms with Gasteiger partial charge < -0.3 is 0 Å². The maximum absolute atomic E-state index is 9.51. The van der Waals surface area contributed by atoms with Crippen molar-refractivity contribution in [1.82, 2.24) is 0 Å². The lowest BCUT2D eigenvalue weighted by Gasteiger charge is -1.57. The second-order valence-electron chi connectivity index (χ2n) is 0.658. The highest BCUT2D eigenvalue weighted by Crippen LogP contribution is 1.87. The molecule has 0 rings (SSSR count). The summed E-state index contributed by atoms with van der Waals surface area (Å²) in [7, 11) is -0.775. The molecule has 0 heterocycles. The van der Waals surface area contributed by atoms with Crippen LogP contribution in [0.4, 0.5) is 0 Å². The fraction of sp³-hybridized carbons (Fsp3) is 0.500. The van der Waals surface area contributed by atoms with Crippen LogP contribution in [0.5, 0.6) is 0 Å². The van der Waals surface area contributed by atoms with Crippen molar-refractivity contribution in [2.45, 2.75) is 6.92 Å². The third-order valence-corrected chi connectivity index (χ3v) is 0.431. The van der Waals surface area contributed by atoms with E-state index in [0.29, 0.717) is 0 Å². The van der Waals surface area contributed by atoms with E-state index < -0.39 is 8.46 Å². The molecule has 1 unspecified atom stereocenters. The van der Waals surface area contributed by atoms with Crippen molar-refractivity contribution in [2.75, 3.05) is 0 Å². The van der Waals surface area contributed by atoms with E-state index in [-0.39, 0.29) is 5.52 Å². The van der Waals surface area contributed by atoms with Crippen molar-refractivity contribution in [3.05, 3.63) is 0 Å². The van der Waals surface area contributed by atoms with E-state index in [2.05, 4.69) is 0 Å². The van der Waals surface area contributed by atoms with Gasteiger partial charge in [0, 0.05) is 6.92 Å². The summed E-state index contributed by atoms with van der Waals surface area (Å²) in [6.07, 6.45) is 0. The summed E-state index contributed by atoms with van der Waals surface area (Å²) in [5.41, 5.74) is -0.273. The van der Waals surface area contributed by atoms with Crippen LogP contribution in [-0.2, 0) is 9.36 Å². The van der Waals surface area contributed by atoms with Gasteiger partial charge >= 0.3 is 0 Å². The zero-order valence-electron chi connectivity index (χ0n) is 2.82. The van der Waals surface area contributed by atoms with Gasteiger partial charge in [0.2, 0.25) is 5.52 Å². The van der Waals surface area contributed by atoms with Gasteiger partial charge in [-0.05, 0) is 0 Å². The molecule has 0 aromatic rings. The number of hydrogen-bond acceptors (Lipinski definition) is 2. The number of carbonyl (C=O) groups excluding carboxylic acids is 1. The average molecular weight is 91.0 g/mol. The van der Waals surface area contributed by atoms with Gasteiger partial charge in [0.1, 0.15) is 8.46 Å². The predicted octanol–water partition coefficient (Wildman–Crippen LogP) is 0.557. The molecule has 0 saturated carbocycles. The zero-order chi connectivity index (χ0) is 4.28. The standard InChI is InChI=1S/C2H4O2P/c1-2(3)5-4/h5H,1H3. The molecule has 0 N–H and O–H groups in total. The van der Waals surface area contributed by atoms with Crippen LogP contribution in [-0.4, -0.2) is 5.52 Å². The first-order valence-corrected chi connectivity index (χ1v) is 2.07. The molecular weight excluding hydrogens is 87.0 g/mol. The lowest BCUT2D eigenvalue weighted by Crippen LogP contribution is -1.64. The Morgan fingerprint density at radius 2 is 2.00 bits per heavy atom. The Morgan fingerprint density at radius 3 is 2.00 bits per heavy atom. The molecule has 1 atom stereocenters. The molecule has 1 radical (unpaired) electrons. The Bertz CT molecular complexity index is 58.7. The first kappa shape index (κ1) is 4.77. The van der Waals surface area contributed by atoms with E-state index in [0.717, 1.165) is 0 Å². The minimum absolute atomic E-state index is 0.273. The molecule has 0 fully saturated rings. The van der Waals surface area contributed by atoms with E-state index in [9.17, 15) is 9.36 Å². The molecule has 0 aliphatic carbocycles. The smallest absolute Gasteiger partial charge is 0.205 e. The van der Waals surface area contributed by atoms with Crippen molar-refractivity contribution in [1.29, 1.82) is 0 Å². The highest BCUT2D eigenvalue weighted by Gasteiger charge is 1.75. The SMILES string of the molecule is CC(=O)[PH]=O. The van der Waals surface area contributed by atoms with Crippen LogP contribution in [0.3, 0.4) is 0 Å². The largest absolute Gasteiger partial charge is 0.287 e. The summed E-state index contributed by atoms with van der Waals surface area (Å²) in [6, 6.07) is 0. The van der Waals surface area contributed by atoms with Gasteiger partial charge in [-0.15, -0.1) is 0 Å². The first-order chi connectivity index (χ1) is 2.27. The summed E-state index contributed by atoms with van der Waals surface area (Å²) in [5.74, 6) is 0. The van der Waals surface area contributed by atoms with Crippen LogP contribution in [0.15, 0.2) is 0 Å². The van der Waals surface area contributed by atoms with Crippen molar-refractivity contribution in [3.63, 3.8) is 0 Å². The van der Waals surface area contributed by atoms with E-state index in [1.54, 1.807) is 0 Å². The maximum atomic E-state index is 9.51. The molecule has 0 amide bonds. The molecule has 0 spiro atoms. The van der Waals surface area contributed by atoms with Crippen LogP contribution in [0, 0.1) is 0 Å². The Morgan fingerprint density at radius 1 is 1.80 bits per heavy atom. The van der Waals surface area contributed by atoms with Gasteiger partial charge in [-0.1, -0.05) is 0 Å². The van der Waals surface area contributed by atoms with E-state index in [1.165, 1.54) is 6.92 Å². The lowest BCUT2D eigenvalue weighted by atomic mass is 10.9. The first-order valence-electron chi connectivity index (χ1n) is 1.16. The molecule has 0 aromatic carbocycles. The molecule has 3 heteroatoms. The highest BCUT2D eigenvalue weighted by atomic mass is 31.1. The molecule has 0 saturated heterocycles. The molecule has 0 aliphatic rings. The normalized spacial score (nSPS) is 8.20. The molecule has 0 aliphatic heterocycles. The molecule has 0 bridgehead atoms. The van der Waals surface area contributed by atoms with Gasteiger partial charge in [-0.25, -0.2) is 0 Å². The zero-order valence-corrected chi connectivity index (χ0v) is 3.82. The van der Waals surface area contributed by atoms with Crippen LogP contribution in [0.25, 0.3) is 0 Å². The monoisotopic (exact) mass is 91.0 g/mol. The van der Waals surface area contributed by atoms with Gasteiger partial charge in [0.25, 0.3) is 0 Å². The van der Waals surface area contributed by atoms with Gasteiger partial charge in [0.15, 0.2) is 0 Å². The topological polar surface area (TPSA) is 34.1 Å². The average Bonchev–Trinajstić information content (AvgIpc) is 1.38. The molecule has 2 nitrogen and oxygen atoms in total. The number of hydrogen-bond donors (Lipinski definition) is 0. The van der Waals surface area contributed by atoms with Gasteiger partial charge in [0.05, 0.1) is 0 Å². The maximum Gasteiger partial charge on any atom is 0.205 e. The quantitative estimate of drug-likeness (QED) is 0.442. The minimum atomic E-state index is -0.775. The highest BCUT2D eigenvalue weighted by molar-refractivity contribution is 7.45. The van der Waals surface area contributed by atoms with Crippen molar-refractivity contribution in [3.8, 4) is 0 Å². The Kier molecular flexibility index (Phi) is 1.94. The lowest BCUT2D eigenvalue weighted by molar-refractivity contribution is -0.109. The Balaban J connectivity index is 3.20. The van der Waals surface area contributed by atoms with Crippen LogP contribution >= 0.6 is 8.46 Å². The van der Waals surface area contributed by atoms with E-state index in [1.807, 2.05) is 0 Å². The Hall–Kier alpha value is -0.230. The van der Waals surface area contributed by atoms with Crippen molar-refractivity contribution < 1.29 is 9.36 Å².